The summed E-state index contributed by atoms with van der Waals surface area (Å²) in [5, 5.41) is 32.4. The molecule has 0 aliphatic rings. The quantitative estimate of drug-likeness (QED) is 0.255. The zero-order valence-corrected chi connectivity index (χ0v) is 7.46. The van der Waals surface area contributed by atoms with Gasteiger partial charge in [0.15, 0.2) is 0 Å². The van der Waals surface area contributed by atoms with E-state index in [1.165, 1.54) is 5.14 Å². The summed E-state index contributed by atoms with van der Waals surface area (Å²) < 4.78 is 0. The van der Waals surface area contributed by atoms with Crippen LogP contribution in [0.1, 0.15) is 13.8 Å². The number of aliphatic hydroxyl groups excluding tert-OH is 1. The molecule has 14 heavy (non-hydrogen) atoms. The van der Waals surface area contributed by atoms with Gasteiger partial charge in [-0.1, -0.05) is 0 Å². The molecule has 0 amide bonds. The largest absolute Gasteiger partial charge is 0.463 e. The van der Waals surface area contributed by atoms with Crippen LogP contribution in [0.15, 0.2) is 0 Å². The zero-order chi connectivity index (χ0) is 11.7. The minimum Gasteiger partial charge on any atom is -0.463 e. The predicted molar refractivity (Wildman–Crippen MR) is 42.1 cm³/mol. The normalized spacial score (nSPS) is 4.50. The fraction of sp³-hybridized carbons (Fsp3) is 0.750. The van der Waals surface area contributed by atoms with Crippen molar-refractivity contribution in [3.63, 3.8) is 0 Å². The van der Waals surface area contributed by atoms with Gasteiger partial charge in [-0.3, -0.25) is 10.1 Å². The Bertz CT molecular complexity index is 145. The molecule has 0 unspecified atom stereocenters. The Morgan fingerprint density at radius 2 is 1.50 bits per heavy atom. The van der Waals surface area contributed by atoms with Crippen LogP contribution in [0.25, 0.3) is 5.14 Å². The fourth-order valence-corrected chi connectivity index (χ4v) is 0. The second kappa shape index (κ2) is 69.9. The molecule has 0 aliphatic carbocycles. The maximum atomic E-state index is 8.12. The minimum absolute atomic E-state index is 0. The second-order valence-electron chi connectivity index (χ2n) is 1.34. The van der Waals surface area contributed by atoms with Gasteiger partial charge in [0.2, 0.25) is 10.5 Å². The van der Waals surface area contributed by atoms with Gasteiger partial charge in [-0.2, -0.15) is 9.59 Å². The molecule has 0 spiro atoms. The number of nitrogens with zero attached hydrogens (tertiary/aromatic N) is 2. The molecule has 0 fully saturated rings. The average molecular weight is 213 g/mol. The van der Waals surface area contributed by atoms with E-state index in [2.05, 4.69) is 0 Å². The van der Waals surface area contributed by atoms with Crippen LogP contribution in [0.5, 0.6) is 0 Å². The molecule has 0 radical (unpaired) electrons. The lowest BCUT2D eigenvalue weighted by Gasteiger charge is -1.80. The van der Waals surface area contributed by atoms with E-state index in [1.54, 1.807) is 13.8 Å². The molecule has 4 N–H and O–H groups in total. The van der Waals surface area contributed by atoms with Gasteiger partial charge in [0.25, 0.3) is 0 Å². The Hall–Kier alpha value is -2.08. The van der Waals surface area contributed by atoms with E-state index < -0.39 is 0 Å². The van der Waals surface area contributed by atoms with Crippen molar-refractivity contribution in [1.82, 2.24) is 0 Å². The summed E-state index contributed by atoms with van der Waals surface area (Å²) in [6.45, 7) is 3.44. The third-order valence-electron chi connectivity index (χ3n) is 0. The molecule has 10 nitrogen and oxygen atoms in total. The van der Waals surface area contributed by atoms with Gasteiger partial charge in [0.05, 0.1) is 0 Å². The van der Waals surface area contributed by atoms with Crippen LogP contribution in [0, 0.1) is 20.7 Å². The number of aliphatic hydroxyl groups is 1. The van der Waals surface area contributed by atoms with Gasteiger partial charge in [-0.25, -0.2) is 0 Å². The third kappa shape index (κ3) is 182. The molecule has 0 aromatic rings. The molecular weight excluding hydrogens is 202 g/mol. The zero-order valence-electron chi connectivity index (χ0n) is 7.46. The first kappa shape index (κ1) is 29.7. The number of hydrogen-bond donors (Lipinski definition) is 2. The van der Waals surface area contributed by atoms with E-state index in [-0.39, 0.29) is 23.1 Å². The molecule has 0 rings (SSSR count). The SMILES string of the molecule is CC(C)O.N#[N+][O-].O.O=C=O.O=[NH+][O-]. The van der Waals surface area contributed by atoms with Crippen molar-refractivity contribution in [2.45, 2.75) is 20.0 Å². The van der Waals surface area contributed by atoms with Gasteiger partial charge in [-0.05, 0) is 13.8 Å². The topological polar surface area (TPSA) is 191 Å². The highest BCUT2D eigenvalue weighted by Crippen LogP contribution is 1.65. The molecule has 0 aliphatic heterocycles. The van der Waals surface area contributed by atoms with Gasteiger partial charge in [-0.15, -0.1) is 0 Å². The maximum absolute atomic E-state index is 8.12. The van der Waals surface area contributed by atoms with Gasteiger partial charge < -0.3 is 15.8 Å². The molecule has 0 heterocycles. The highest BCUT2D eigenvalue weighted by Gasteiger charge is 1.69. The van der Waals surface area contributed by atoms with Crippen molar-refractivity contribution in [2.75, 3.05) is 0 Å². The van der Waals surface area contributed by atoms with Gasteiger partial charge in [0, 0.05) is 11.4 Å². The number of nitrogens with one attached hydrogen (secondary N) is 1. The van der Waals surface area contributed by atoms with E-state index in [9.17, 15) is 0 Å². The first-order valence-electron chi connectivity index (χ1n) is 2.61. The molecule has 10 heteroatoms. The number of rotatable bonds is 0. The lowest BCUT2D eigenvalue weighted by molar-refractivity contribution is -0.398. The van der Waals surface area contributed by atoms with Crippen molar-refractivity contribution < 1.29 is 25.5 Å². The lowest BCUT2D eigenvalue weighted by Crippen LogP contribution is -2.53. The Morgan fingerprint density at radius 1 is 1.50 bits per heavy atom. The van der Waals surface area contributed by atoms with Crippen molar-refractivity contribution in [1.29, 1.82) is 5.39 Å². The molecule has 0 aromatic heterocycles. The van der Waals surface area contributed by atoms with E-state index in [4.69, 9.17) is 35.4 Å². The molecule has 0 saturated heterocycles. The first-order chi connectivity index (χ1) is 5.97. The van der Waals surface area contributed by atoms with Gasteiger partial charge in [0.1, 0.15) is 0 Å². The van der Waals surface area contributed by atoms with Crippen LogP contribution < -0.4 is 5.34 Å². The summed E-state index contributed by atoms with van der Waals surface area (Å²) in [7, 11) is 0. The predicted octanol–water partition coefficient (Wildman–Crippen LogP) is -2.35. The van der Waals surface area contributed by atoms with Crippen molar-refractivity contribution in [2.24, 2.45) is 0 Å². The van der Waals surface area contributed by atoms with E-state index >= 15 is 0 Å². The first-order valence-corrected chi connectivity index (χ1v) is 2.61. The summed E-state index contributed by atoms with van der Waals surface area (Å²) in [5.74, 6) is 0. The molecule has 0 atom stereocenters. The Morgan fingerprint density at radius 3 is 1.50 bits per heavy atom. The number of hydrogen-bond acceptors (Lipinski definition) is 7. The monoisotopic (exact) mass is 213 g/mol. The second-order valence-corrected chi connectivity index (χ2v) is 1.34. The third-order valence-corrected chi connectivity index (χ3v) is 0. The Kier molecular flexibility index (Phi) is 148. The fourth-order valence-electron chi connectivity index (χ4n) is 0. The van der Waals surface area contributed by atoms with E-state index in [0.29, 0.717) is 0 Å². The summed E-state index contributed by atoms with van der Waals surface area (Å²) in [6, 6.07) is 0. The smallest absolute Gasteiger partial charge is 0.373 e. The molecule has 0 bridgehead atoms. The standard InChI is InChI=1S/C3H8O.CO2.N2O.HNO2.H2O/c1-3(2)4;2-1-3;1-2-3;2-1-3;/h3-4H,1-2H3;;;1H;1H2. The summed E-state index contributed by atoms with van der Waals surface area (Å²) in [4.78, 5) is 24.4. The molecule has 0 saturated carbocycles. The maximum Gasteiger partial charge on any atom is 0.373 e. The highest BCUT2D eigenvalue weighted by atomic mass is 16.6. The average Bonchev–Trinajstić information content (AvgIpc) is 1.88. The Labute approximate surface area is 78.6 Å². The van der Waals surface area contributed by atoms with E-state index in [0.717, 1.165) is 0 Å². The van der Waals surface area contributed by atoms with Crippen LogP contribution in [0.3, 0.4) is 0 Å². The molecular formula is C4H11N3O7. The number of diazo groups is 1. The van der Waals surface area contributed by atoms with Crippen molar-refractivity contribution in [3.8, 4) is 0 Å². The summed E-state index contributed by atoms with van der Waals surface area (Å²) in [5.41, 5.74) is 0. The summed E-state index contributed by atoms with van der Waals surface area (Å²) >= 11 is 0. The number of carbonyl (C=O) groups excluding carboxylic acids is 2. The lowest BCUT2D eigenvalue weighted by atomic mass is 10.5. The van der Waals surface area contributed by atoms with Crippen molar-refractivity contribution >= 4 is 6.15 Å². The molecule has 0 aromatic carbocycles. The van der Waals surface area contributed by atoms with Crippen LogP contribution in [-0.4, -0.2) is 22.8 Å². The molecule has 84 valence electrons. The van der Waals surface area contributed by atoms with Crippen molar-refractivity contribution in [3.05, 3.63) is 20.5 Å². The van der Waals surface area contributed by atoms with Crippen LogP contribution >= 0.6 is 0 Å². The van der Waals surface area contributed by atoms with E-state index in [1.807, 2.05) is 0 Å². The van der Waals surface area contributed by atoms with Gasteiger partial charge >= 0.3 is 6.15 Å². The highest BCUT2D eigenvalue weighted by molar-refractivity contribution is 5.20. The van der Waals surface area contributed by atoms with Crippen LogP contribution in [0.2, 0.25) is 0 Å². The minimum atomic E-state index is -0.167. The Balaban J connectivity index is -0.0000000254. The van der Waals surface area contributed by atoms with Crippen LogP contribution in [-0.2, 0) is 9.59 Å². The van der Waals surface area contributed by atoms with Crippen LogP contribution in [0.4, 0.5) is 0 Å². The summed E-state index contributed by atoms with van der Waals surface area (Å²) in [6.07, 6.45) is 0.0833.